The second kappa shape index (κ2) is 6.21. The van der Waals surface area contributed by atoms with Gasteiger partial charge in [0, 0.05) is 18.8 Å². The van der Waals surface area contributed by atoms with E-state index < -0.39 is 0 Å². The lowest BCUT2D eigenvalue weighted by molar-refractivity contribution is 0.254. The molecular formula is C10H14N4O3. The number of nitrogens with one attached hydrogen (secondary N) is 2. The molecule has 5 N–H and O–H groups in total. The highest BCUT2D eigenvalue weighted by Crippen LogP contribution is 2.16. The van der Waals surface area contributed by atoms with Crippen molar-refractivity contribution in [3.63, 3.8) is 0 Å². The average Bonchev–Trinajstić information content (AvgIpc) is 2.36. The molecule has 0 fully saturated rings. The SMILES string of the molecule is CNC(=O)Nc1cccc(OC/C(N)=N/O)c1. The third kappa shape index (κ3) is 4.29. The van der Waals surface area contributed by atoms with Crippen molar-refractivity contribution in [1.29, 1.82) is 0 Å². The Morgan fingerprint density at radius 1 is 1.59 bits per heavy atom. The third-order valence-electron chi connectivity index (χ3n) is 1.83. The number of nitrogens with zero attached hydrogens (tertiary/aromatic N) is 1. The van der Waals surface area contributed by atoms with E-state index in [1.54, 1.807) is 24.3 Å². The zero-order valence-corrected chi connectivity index (χ0v) is 9.30. The minimum absolute atomic E-state index is 0.0278. The van der Waals surface area contributed by atoms with Gasteiger partial charge in [-0.05, 0) is 12.1 Å². The lowest BCUT2D eigenvalue weighted by Crippen LogP contribution is -2.24. The van der Waals surface area contributed by atoms with Crippen molar-refractivity contribution in [2.75, 3.05) is 19.0 Å². The first kappa shape index (κ1) is 12.6. The van der Waals surface area contributed by atoms with Crippen LogP contribution in [0.4, 0.5) is 10.5 Å². The molecule has 0 saturated heterocycles. The number of rotatable bonds is 4. The molecule has 0 aromatic heterocycles. The Labute approximate surface area is 98.2 Å². The molecule has 1 rings (SSSR count). The van der Waals surface area contributed by atoms with Crippen LogP contribution in [0.25, 0.3) is 0 Å². The van der Waals surface area contributed by atoms with Gasteiger partial charge in [0.25, 0.3) is 0 Å². The number of nitrogens with two attached hydrogens (primary N) is 1. The Bertz CT molecular complexity index is 420. The molecule has 0 heterocycles. The van der Waals surface area contributed by atoms with E-state index in [0.29, 0.717) is 11.4 Å². The number of carbonyl (C=O) groups is 1. The number of ether oxygens (including phenoxy) is 1. The van der Waals surface area contributed by atoms with Crippen LogP contribution < -0.4 is 21.1 Å². The molecule has 0 unspecified atom stereocenters. The number of oxime groups is 1. The Hall–Kier alpha value is -2.44. The number of amides is 2. The highest BCUT2D eigenvalue weighted by Gasteiger charge is 2.01. The summed E-state index contributed by atoms with van der Waals surface area (Å²) in [6.45, 7) is -0.0278. The van der Waals surface area contributed by atoms with Crippen LogP contribution in [0.1, 0.15) is 0 Å². The molecule has 0 bridgehead atoms. The fourth-order valence-electron chi connectivity index (χ4n) is 1.04. The summed E-state index contributed by atoms with van der Waals surface area (Å²) in [7, 11) is 1.52. The molecule has 0 spiro atoms. The monoisotopic (exact) mass is 238 g/mol. The lowest BCUT2D eigenvalue weighted by atomic mass is 10.3. The van der Waals surface area contributed by atoms with Gasteiger partial charge >= 0.3 is 6.03 Å². The molecule has 0 aliphatic rings. The Balaban J connectivity index is 2.62. The molecule has 7 heteroatoms. The molecule has 92 valence electrons. The molecule has 7 nitrogen and oxygen atoms in total. The van der Waals surface area contributed by atoms with E-state index in [4.69, 9.17) is 15.7 Å². The van der Waals surface area contributed by atoms with Crippen molar-refractivity contribution < 1.29 is 14.7 Å². The first-order chi connectivity index (χ1) is 8.15. The minimum atomic E-state index is -0.321. The summed E-state index contributed by atoms with van der Waals surface area (Å²) in [5, 5.41) is 16.1. The van der Waals surface area contributed by atoms with Crippen molar-refractivity contribution in [3.05, 3.63) is 24.3 Å². The van der Waals surface area contributed by atoms with Gasteiger partial charge in [0.05, 0.1) is 0 Å². The maximum atomic E-state index is 11.1. The van der Waals surface area contributed by atoms with E-state index in [2.05, 4.69) is 15.8 Å². The van der Waals surface area contributed by atoms with Crippen LogP contribution in [0.5, 0.6) is 5.75 Å². The second-order valence-corrected chi connectivity index (χ2v) is 3.11. The highest BCUT2D eigenvalue weighted by atomic mass is 16.5. The summed E-state index contributed by atoms with van der Waals surface area (Å²) in [4.78, 5) is 11.1. The van der Waals surface area contributed by atoms with Gasteiger partial charge in [-0.1, -0.05) is 11.2 Å². The predicted octanol–water partition coefficient (Wildman–Crippen LogP) is 0.563. The second-order valence-electron chi connectivity index (χ2n) is 3.11. The number of urea groups is 1. The van der Waals surface area contributed by atoms with Gasteiger partial charge in [0.1, 0.15) is 12.4 Å². The quantitative estimate of drug-likeness (QED) is 0.266. The molecule has 1 aromatic rings. The average molecular weight is 238 g/mol. The van der Waals surface area contributed by atoms with Crippen LogP contribution in [0.2, 0.25) is 0 Å². The molecule has 2 amide bonds. The van der Waals surface area contributed by atoms with Gasteiger partial charge in [-0.2, -0.15) is 0 Å². The summed E-state index contributed by atoms with van der Waals surface area (Å²) in [5.74, 6) is 0.472. The molecule has 17 heavy (non-hydrogen) atoms. The van der Waals surface area contributed by atoms with Gasteiger partial charge in [-0.3, -0.25) is 0 Å². The van der Waals surface area contributed by atoms with Crippen LogP contribution in [0.3, 0.4) is 0 Å². The summed E-state index contributed by atoms with van der Waals surface area (Å²) in [6.07, 6.45) is 0. The van der Waals surface area contributed by atoms with E-state index in [0.717, 1.165) is 0 Å². The van der Waals surface area contributed by atoms with Gasteiger partial charge in [-0.15, -0.1) is 0 Å². The van der Waals surface area contributed by atoms with Crippen molar-refractivity contribution in [2.45, 2.75) is 0 Å². The molecule has 0 aliphatic carbocycles. The number of hydrogen-bond acceptors (Lipinski definition) is 4. The number of carbonyl (C=O) groups excluding carboxylic acids is 1. The molecule has 0 atom stereocenters. The standard InChI is InChI=1S/C10H14N4O3/c1-12-10(15)13-7-3-2-4-8(5-7)17-6-9(11)14-16/h2-5,16H,6H2,1H3,(H2,11,14)(H2,12,13,15). The van der Waals surface area contributed by atoms with E-state index in [1.165, 1.54) is 7.05 Å². The Morgan fingerprint density at radius 3 is 3.00 bits per heavy atom. The fraction of sp³-hybridized carbons (Fsp3) is 0.200. The molecule has 0 saturated carbocycles. The predicted molar refractivity (Wildman–Crippen MR) is 63.4 cm³/mol. The smallest absolute Gasteiger partial charge is 0.318 e. The number of benzene rings is 1. The maximum Gasteiger partial charge on any atom is 0.318 e. The van der Waals surface area contributed by atoms with Crippen LogP contribution in [0.15, 0.2) is 29.4 Å². The first-order valence-corrected chi connectivity index (χ1v) is 4.83. The Kier molecular flexibility index (Phi) is 4.61. The highest BCUT2D eigenvalue weighted by molar-refractivity contribution is 5.89. The molecule has 1 aromatic carbocycles. The topological polar surface area (TPSA) is 109 Å². The maximum absolute atomic E-state index is 11.1. The summed E-state index contributed by atoms with van der Waals surface area (Å²) >= 11 is 0. The lowest BCUT2D eigenvalue weighted by Gasteiger charge is -2.08. The number of amidine groups is 1. The normalized spacial score (nSPS) is 10.8. The first-order valence-electron chi connectivity index (χ1n) is 4.83. The van der Waals surface area contributed by atoms with Crippen LogP contribution in [-0.2, 0) is 0 Å². The van der Waals surface area contributed by atoms with Crippen LogP contribution in [0, 0.1) is 0 Å². The summed E-state index contributed by atoms with van der Waals surface area (Å²) < 4.78 is 5.23. The Morgan fingerprint density at radius 2 is 2.35 bits per heavy atom. The zero-order valence-electron chi connectivity index (χ0n) is 9.30. The van der Waals surface area contributed by atoms with Crippen molar-refractivity contribution in [3.8, 4) is 5.75 Å². The molecule has 0 aliphatic heterocycles. The van der Waals surface area contributed by atoms with Gasteiger partial charge in [-0.25, -0.2) is 4.79 Å². The largest absolute Gasteiger partial charge is 0.485 e. The van der Waals surface area contributed by atoms with Crippen molar-refractivity contribution in [1.82, 2.24) is 5.32 Å². The van der Waals surface area contributed by atoms with Crippen LogP contribution >= 0.6 is 0 Å². The van der Waals surface area contributed by atoms with E-state index in [-0.39, 0.29) is 18.5 Å². The van der Waals surface area contributed by atoms with Gasteiger partial charge < -0.3 is 26.3 Å². The third-order valence-corrected chi connectivity index (χ3v) is 1.83. The van der Waals surface area contributed by atoms with Crippen LogP contribution in [-0.4, -0.2) is 30.7 Å². The zero-order chi connectivity index (χ0) is 12.7. The van der Waals surface area contributed by atoms with Gasteiger partial charge in [0.15, 0.2) is 5.84 Å². The fourth-order valence-corrected chi connectivity index (χ4v) is 1.04. The summed E-state index contributed by atoms with van der Waals surface area (Å²) in [5.41, 5.74) is 5.84. The van der Waals surface area contributed by atoms with E-state index in [1.807, 2.05) is 0 Å². The summed E-state index contributed by atoms with van der Waals surface area (Å²) in [6, 6.07) is 6.43. The number of anilines is 1. The van der Waals surface area contributed by atoms with Crippen molar-refractivity contribution >= 4 is 17.6 Å². The molecular weight excluding hydrogens is 224 g/mol. The van der Waals surface area contributed by atoms with E-state index >= 15 is 0 Å². The van der Waals surface area contributed by atoms with E-state index in [9.17, 15) is 4.79 Å². The number of hydrogen-bond donors (Lipinski definition) is 4. The molecule has 0 radical (unpaired) electrons. The van der Waals surface area contributed by atoms with Crippen molar-refractivity contribution in [2.24, 2.45) is 10.9 Å². The van der Waals surface area contributed by atoms with Gasteiger partial charge in [0.2, 0.25) is 0 Å². The minimum Gasteiger partial charge on any atom is -0.485 e.